The molecule has 3 aromatic carbocycles. The number of fused-ring (bicyclic) bond motifs is 4. The Labute approximate surface area is 695 Å². The number of nitriles is 2. The van der Waals surface area contributed by atoms with Crippen LogP contribution < -0.4 is 0 Å². The minimum absolute atomic E-state index is 0.0571. The zero-order valence-corrected chi connectivity index (χ0v) is 72.5. The molecule has 11 rings (SSSR count). The molecule has 6 heterocycles. The SMILES string of the molecule is [C-]#[N+]/C(C#N)=C1\C(=Cc2sc(-c3cc4c(-c5ccc(CCCCCCCCCCCC)s5)c5sc(-c6cc(CCCCCCCCCCCC)c(C=C7C(=O)c8ccccc8/C7=C(/C#N)[N+]#[C-])s6)cc5c(-c5ccc(CCCCCCCCCCCC)s5)c4s3)cc2CCCCCCCCCCCC)C(=O)c2ccccc21. The monoisotopic (exact) mass is 1600 g/mol. The van der Waals surface area contributed by atoms with E-state index in [9.17, 15) is 20.1 Å². The predicted molar refractivity (Wildman–Crippen MR) is 488 cm³/mol. The highest BCUT2D eigenvalue weighted by Crippen LogP contribution is 2.56. The van der Waals surface area contributed by atoms with Crippen LogP contribution in [0.15, 0.2) is 120 Å². The number of rotatable bonds is 50. The number of unbranched alkanes of at least 4 members (excludes halogenated alkanes) is 36. The Balaban J connectivity index is 1.04. The number of hydrogen-bond acceptors (Lipinski definition) is 10. The second-order valence-corrected chi connectivity index (χ2v) is 38.1. The lowest BCUT2D eigenvalue weighted by Gasteiger charge is -2.09. The van der Waals surface area contributed by atoms with Crippen LogP contribution in [-0.4, -0.2) is 11.6 Å². The van der Waals surface area contributed by atoms with Gasteiger partial charge in [0.25, 0.3) is 11.4 Å². The molecule has 0 radical (unpaired) electrons. The van der Waals surface area contributed by atoms with E-state index in [1.54, 1.807) is 22.7 Å². The van der Waals surface area contributed by atoms with Crippen molar-refractivity contribution in [3.8, 4) is 52.5 Å². The van der Waals surface area contributed by atoms with Crippen LogP contribution in [0.1, 0.15) is 347 Å². The summed E-state index contributed by atoms with van der Waals surface area (Å²) in [4.78, 5) is 49.0. The molecule has 0 bridgehead atoms. The van der Waals surface area contributed by atoms with Gasteiger partial charge in [-0.2, -0.15) is 0 Å². The standard InChI is InChI=1S/C100H118N4O2S6/c1-7-11-15-19-23-27-31-35-39-43-51-71-63-89(109-87(71)65-79-93(83(69-101)103-5)75-55-47-49-57-77(75)97(79)105)91-67-81-95(85-61-59-73(107-85)53-45-41-37-33-29-25-21-17-13-9-3)100-82(96(99(81)111-91)86-62-60-74(108-86)54-46-42-38-34-30-26-22-18-14-10-4)68-92(112-100)90-64-72(52-44-40-36-32-28-24-20-16-12-8-2)88(110-90)66-80-94(84(70-102)104-6)76-56-48-50-58-78(76)98(80)106/h47-50,55-68H,7-46,51-54H2,1-4H3/b79-65?,80-66?,93-83-,94-84+. The highest BCUT2D eigenvalue weighted by atomic mass is 32.1. The van der Waals surface area contributed by atoms with Gasteiger partial charge in [-0.3, -0.25) is 9.59 Å². The van der Waals surface area contributed by atoms with E-state index in [1.807, 2.05) is 106 Å². The molecule has 0 spiro atoms. The fourth-order valence-electron chi connectivity index (χ4n) is 16.7. The molecule has 9 aromatic rings. The summed E-state index contributed by atoms with van der Waals surface area (Å²) in [5.74, 6) is -0.282. The maximum Gasteiger partial charge on any atom is 0.270 e. The molecule has 6 aromatic heterocycles. The Kier molecular flexibility index (Phi) is 34.9. The third-order valence-corrected chi connectivity index (χ3v) is 30.2. The number of Topliss-reactive ketones (excluding diaryl/α,β-unsaturated/α-hetero) is 2. The summed E-state index contributed by atoms with van der Waals surface area (Å²) in [6.45, 7) is 25.5. The molecular formula is C100H118N4O2S6. The Bertz CT molecular complexity index is 4520. The van der Waals surface area contributed by atoms with Crippen LogP contribution in [0.25, 0.3) is 93.6 Å². The van der Waals surface area contributed by atoms with Gasteiger partial charge in [0.05, 0.1) is 25.3 Å². The third kappa shape index (κ3) is 22.6. The van der Waals surface area contributed by atoms with E-state index in [4.69, 9.17) is 13.1 Å². The van der Waals surface area contributed by atoms with Gasteiger partial charge in [-0.25, -0.2) is 20.2 Å². The largest absolute Gasteiger partial charge is 0.289 e. The molecule has 0 unspecified atom stereocenters. The van der Waals surface area contributed by atoms with Gasteiger partial charge >= 0.3 is 0 Å². The molecule has 586 valence electrons. The van der Waals surface area contributed by atoms with Gasteiger partial charge in [0, 0.05) is 113 Å². The van der Waals surface area contributed by atoms with Crippen LogP contribution >= 0.6 is 68.0 Å². The quantitative estimate of drug-likeness (QED) is 0.0164. The molecule has 0 amide bonds. The third-order valence-electron chi connectivity index (χ3n) is 23.0. The first kappa shape index (κ1) is 85.5. The topological polar surface area (TPSA) is 90.4 Å². The van der Waals surface area contributed by atoms with Crippen LogP contribution in [0, 0.1) is 35.8 Å². The van der Waals surface area contributed by atoms with Crippen LogP contribution in [0.2, 0.25) is 0 Å². The number of carbonyl (C=O) groups is 2. The highest BCUT2D eigenvalue weighted by molar-refractivity contribution is 7.29. The zero-order valence-electron chi connectivity index (χ0n) is 67.6. The second-order valence-electron chi connectivity index (χ2n) is 31.5. The lowest BCUT2D eigenvalue weighted by molar-refractivity contribution is 0.103. The lowest BCUT2D eigenvalue weighted by Crippen LogP contribution is -1.96. The van der Waals surface area contributed by atoms with Crippen molar-refractivity contribution in [2.45, 2.75) is 310 Å². The van der Waals surface area contributed by atoms with Crippen molar-refractivity contribution >= 4 is 123 Å². The van der Waals surface area contributed by atoms with Crippen LogP contribution in [0.4, 0.5) is 0 Å². The minimum atomic E-state index is -0.141. The van der Waals surface area contributed by atoms with Crippen molar-refractivity contribution in [2.75, 3.05) is 0 Å². The second kappa shape index (κ2) is 45.7. The van der Waals surface area contributed by atoms with E-state index in [1.165, 1.54) is 303 Å². The smallest absolute Gasteiger partial charge is 0.270 e. The van der Waals surface area contributed by atoms with E-state index in [0.717, 1.165) is 70.9 Å². The van der Waals surface area contributed by atoms with E-state index >= 15 is 0 Å². The van der Waals surface area contributed by atoms with Gasteiger partial charge in [0.2, 0.25) is 0 Å². The van der Waals surface area contributed by atoms with E-state index < -0.39 is 0 Å². The van der Waals surface area contributed by atoms with Crippen molar-refractivity contribution in [3.05, 3.63) is 195 Å². The number of carbonyl (C=O) groups excluding carboxylic acids is 2. The average molecular weight is 1600 g/mol. The van der Waals surface area contributed by atoms with Crippen LogP contribution in [-0.2, 0) is 25.7 Å². The number of ketones is 2. The van der Waals surface area contributed by atoms with Gasteiger partial charge in [-0.05, 0) is 134 Å². The Morgan fingerprint density at radius 1 is 0.339 bits per heavy atom. The summed E-state index contributed by atoms with van der Waals surface area (Å²) in [6.07, 6.45) is 58.8. The van der Waals surface area contributed by atoms with Crippen molar-refractivity contribution in [1.82, 2.24) is 0 Å². The molecule has 0 fully saturated rings. The van der Waals surface area contributed by atoms with Crippen LogP contribution in [0.5, 0.6) is 0 Å². The zero-order chi connectivity index (χ0) is 78.2. The predicted octanol–water partition coefficient (Wildman–Crippen LogP) is 33.8. The summed E-state index contributed by atoms with van der Waals surface area (Å²) < 4.78 is 2.55. The van der Waals surface area contributed by atoms with E-state index in [2.05, 4.69) is 98.1 Å². The number of thiophene rings is 6. The first-order chi connectivity index (χ1) is 55.1. The highest BCUT2D eigenvalue weighted by Gasteiger charge is 2.35. The van der Waals surface area contributed by atoms with Crippen molar-refractivity contribution in [3.63, 3.8) is 0 Å². The lowest BCUT2D eigenvalue weighted by atomic mass is 9.99. The molecule has 0 atom stereocenters. The van der Waals surface area contributed by atoms with Gasteiger partial charge in [-0.1, -0.05) is 307 Å². The Morgan fingerprint density at radius 2 is 0.625 bits per heavy atom. The Morgan fingerprint density at radius 3 is 0.929 bits per heavy atom. The molecule has 0 aliphatic heterocycles. The molecule has 2 aliphatic carbocycles. The number of benzene rings is 3. The fraction of sp³-hybridized carbons (Fsp3) is 0.480. The maximum atomic E-state index is 14.7. The summed E-state index contributed by atoms with van der Waals surface area (Å²) in [5, 5.41) is 23.5. The first-order valence-electron chi connectivity index (χ1n) is 43.4. The molecule has 0 saturated carbocycles. The molecule has 0 N–H and O–H groups in total. The summed E-state index contributed by atoms with van der Waals surface area (Å²) in [7, 11) is 0. The van der Waals surface area contributed by atoms with Crippen molar-refractivity contribution in [1.29, 1.82) is 10.5 Å². The number of allylic oxidation sites excluding steroid dienone is 6. The Hall–Kier alpha value is -7.36. The summed E-state index contributed by atoms with van der Waals surface area (Å²) >= 11 is 11.2. The molecule has 0 saturated heterocycles. The molecule has 112 heavy (non-hydrogen) atoms. The van der Waals surface area contributed by atoms with Crippen molar-refractivity contribution < 1.29 is 9.59 Å². The molecule has 6 nitrogen and oxygen atoms in total. The molecule has 2 aliphatic rings. The normalized spacial score (nSPS) is 14.3. The van der Waals surface area contributed by atoms with E-state index in [0.29, 0.717) is 44.5 Å². The minimum Gasteiger partial charge on any atom is -0.289 e. The fourth-order valence-corrected chi connectivity index (χ4v) is 24.0. The molecule has 12 heteroatoms. The van der Waals surface area contributed by atoms with Gasteiger partial charge in [0.15, 0.2) is 11.6 Å². The number of hydrogen-bond donors (Lipinski definition) is 0. The number of nitrogens with zero attached hydrogens (tertiary/aromatic N) is 4. The average Bonchev–Trinajstić information content (AvgIpc) is 1.55. The van der Waals surface area contributed by atoms with Crippen molar-refractivity contribution in [2.24, 2.45) is 0 Å². The molecular weight excluding hydrogens is 1480 g/mol. The number of aryl methyl sites for hydroxylation is 4. The first-order valence-corrected chi connectivity index (χ1v) is 48.3. The van der Waals surface area contributed by atoms with E-state index in [-0.39, 0.29) is 23.0 Å². The van der Waals surface area contributed by atoms with Crippen LogP contribution in [0.3, 0.4) is 0 Å². The van der Waals surface area contributed by atoms with Gasteiger partial charge < -0.3 is 0 Å². The maximum absolute atomic E-state index is 14.7. The van der Waals surface area contributed by atoms with Gasteiger partial charge in [-0.15, -0.1) is 68.0 Å². The summed E-state index contributed by atoms with van der Waals surface area (Å²) in [6, 6.07) is 38.8. The summed E-state index contributed by atoms with van der Waals surface area (Å²) in [5.41, 5.74) is 8.96. The van der Waals surface area contributed by atoms with Gasteiger partial charge in [0.1, 0.15) is 0 Å².